The van der Waals surface area contributed by atoms with Gasteiger partial charge in [-0.15, -0.1) is 0 Å². The molecule has 21 heavy (non-hydrogen) atoms. The molecule has 0 spiro atoms. The number of hydrogen-bond donors (Lipinski definition) is 2. The van der Waals surface area contributed by atoms with Crippen LogP contribution in [0.3, 0.4) is 0 Å². The fourth-order valence-electron chi connectivity index (χ4n) is 1.71. The number of amides is 1. The highest BCUT2D eigenvalue weighted by Crippen LogP contribution is 2.19. The number of anilines is 1. The maximum absolute atomic E-state index is 13.2. The Bertz CT molecular complexity index is 649. The standard InChI is InChI=1S/C15H14ClFN2O2/c16-14-12(5-2-6-13(14)17)15(20)19-7-8-21-11-4-1-3-10(18)9-11/h1-6,9H,7-8,18H2,(H,19,20). The van der Waals surface area contributed by atoms with Crippen LogP contribution < -0.4 is 15.8 Å². The van der Waals surface area contributed by atoms with Crippen molar-refractivity contribution in [2.45, 2.75) is 0 Å². The number of nitrogen functional groups attached to an aromatic ring is 1. The molecule has 110 valence electrons. The van der Waals surface area contributed by atoms with E-state index in [2.05, 4.69) is 5.32 Å². The number of nitrogens with one attached hydrogen (secondary N) is 1. The van der Waals surface area contributed by atoms with E-state index in [-0.39, 0.29) is 23.7 Å². The Morgan fingerprint density at radius 1 is 1.29 bits per heavy atom. The van der Waals surface area contributed by atoms with E-state index in [1.807, 2.05) is 0 Å². The molecule has 0 fully saturated rings. The minimum atomic E-state index is -0.625. The molecule has 0 heterocycles. The zero-order valence-corrected chi connectivity index (χ0v) is 11.9. The summed E-state index contributed by atoms with van der Waals surface area (Å²) >= 11 is 5.73. The van der Waals surface area contributed by atoms with Crippen LogP contribution in [0.1, 0.15) is 10.4 Å². The van der Waals surface area contributed by atoms with Crippen LogP contribution in [0.15, 0.2) is 42.5 Å². The van der Waals surface area contributed by atoms with Gasteiger partial charge in [0, 0.05) is 11.8 Å². The third-order valence-electron chi connectivity index (χ3n) is 2.71. The molecular formula is C15H14ClFN2O2. The van der Waals surface area contributed by atoms with E-state index in [1.165, 1.54) is 18.2 Å². The van der Waals surface area contributed by atoms with E-state index in [0.29, 0.717) is 11.4 Å². The first kappa shape index (κ1) is 15.1. The van der Waals surface area contributed by atoms with Crippen molar-refractivity contribution in [3.63, 3.8) is 0 Å². The summed E-state index contributed by atoms with van der Waals surface area (Å²) in [5.41, 5.74) is 6.32. The molecule has 0 aromatic heterocycles. The number of rotatable bonds is 5. The largest absolute Gasteiger partial charge is 0.492 e. The van der Waals surface area contributed by atoms with E-state index >= 15 is 0 Å². The summed E-state index contributed by atoms with van der Waals surface area (Å²) in [7, 11) is 0. The lowest BCUT2D eigenvalue weighted by Gasteiger charge is -2.09. The molecule has 0 bridgehead atoms. The van der Waals surface area contributed by atoms with Gasteiger partial charge in [-0.3, -0.25) is 4.79 Å². The molecule has 0 saturated carbocycles. The van der Waals surface area contributed by atoms with Gasteiger partial charge in [-0.2, -0.15) is 0 Å². The lowest BCUT2D eigenvalue weighted by atomic mass is 10.2. The minimum absolute atomic E-state index is 0.0978. The quantitative estimate of drug-likeness (QED) is 0.659. The van der Waals surface area contributed by atoms with Crippen molar-refractivity contribution in [1.82, 2.24) is 5.32 Å². The van der Waals surface area contributed by atoms with Gasteiger partial charge < -0.3 is 15.8 Å². The fraction of sp³-hybridized carbons (Fsp3) is 0.133. The first-order valence-electron chi connectivity index (χ1n) is 6.28. The Morgan fingerprint density at radius 2 is 2.05 bits per heavy atom. The van der Waals surface area contributed by atoms with Crippen molar-refractivity contribution in [3.05, 3.63) is 58.9 Å². The number of nitrogens with two attached hydrogens (primary N) is 1. The van der Waals surface area contributed by atoms with Gasteiger partial charge >= 0.3 is 0 Å². The van der Waals surface area contributed by atoms with Gasteiger partial charge in [-0.25, -0.2) is 4.39 Å². The van der Waals surface area contributed by atoms with Crippen LogP contribution in [0.25, 0.3) is 0 Å². The molecule has 6 heteroatoms. The number of benzene rings is 2. The molecule has 2 rings (SSSR count). The average molecular weight is 309 g/mol. The van der Waals surface area contributed by atoms with Crippen LogP contribution >= 0.6 is 11.6 Å². The third-order valence-corrected chi connectivity index (χ3v) is 3.09. The minimum Gasteiger partial charge on any atom is -0.492 e. The lowest BCUT2D eigenvalue weighted by molar-refractivity contribution is 0.0946. The SMILES string of the molecule is Nc1cccc(OCCNC(=O)c2cccc(F)c2Cl)c1. The van der Waals surface area contributed by atoms with E-state index in [4.69, 9.17) is 22.1 Å². The van der Waals surface area contributed by atoms with Crippen molar-refractivity contribution < 1.29 is 13.9 Å². The number of ether oxygens (including phenoxy) is 1. The van der Waals surface area contributed by atoms with Crippen LogP contribution in [-0.2, 0) is 0 Å². The number of carbonyl (C=O) groups excluding carboxylic acids is 1. The van der Waals surface area contributed by atoms with E-state index in [0.717, 1.165) is 0 Å². The van der Waals surface area contributed by atoms with Gasteiger partial charge in [0.15, 0.2) is 0 Å². The molecule has 2 aromatic rings. The summed E-state index contributed by atoms with van der Waals surface area (Å²) in [5.74, 6) is -0.455. The molecule has 3 N–H and O–H groups in total. The number of hydrogen-bond acceptors (Lipinski definition) is 3. The monoisotopic (exact) mass is 308 g/mol. The maximum Gasteiger partial charge on any atom is 0.253 e. The van der Waals surface area contributed by atoms with E-state index in [1.54, 1.807) is 24.3 Å². The summed E-state index contributed by atoms with van der Waals surface area (Å²) in [5, 5.41) is 2.42. The highest BCUT2D eigenvalue weighted by Gasteiger charge is 2.12. The molecular weight excluding hydrogens is 295 g/mol. The molecule has 4 nitrogen and oxygen atoms in total. The molecule has 0 aliphatic heterocycles. The Labute approximate surface area is 126 Å². The van der Waals surface area contributed by atoms with Gasteiger partial charge in [0.05, 0.1) is 17.1 Å². The zero-order chi connectivity index (χ0) is 15.2. The lowest BCUT2D eigenvalue weighted by Crippen LogP contribution is -2.28. The summed E-state index contributed by atoms with van der Waals surface area (Å²) in [6.07, 6.45) is 0. The van der Waals surface area contributed by atoms with Crippen LogP contribution in [0.5, 0.6) is 5.75 Å². The third kappa shape index (κ3) is 4.10. The summed E-state index contributed by atoms with van der Waals surface area (Å²) in [6.45, 7) is 0.530. The molecule has 0 atom stereocenters. The molecule has 0 radical (unpaired) electrons. The summed E-state index contributed by atoms with van der Waals surface area (Å²) in [4.78, 5) is 11.8. The Morgan fingerprint density at radius 3 is 2.81 bits per heavy atom. The molecule has 0 saturated heterocycles. The van der Waals surface area contributed by atoms with Crippen molar-refractivity contribution >= 4 is 23.2 Å². The normalized spacial score (nSPS) is 10.2. The van der Waals surface area contributed by atoms with Crippen molar-refractivity contribution in [2.75, 3.05) is 18.9 Å². The molecule has 0 aliphatic rings. The predicted molar refractivity (Wildman–Crippen MR) is 80.1 cm³/mol. The van der Waals surface area contributed by atoms with Gasteiger partial charge in [0.25, 0.3) is 5.91 Å². The van der Waals surface area contributed by atoms with Gasteiger partial charge in [0.1, 0.15) is 18.2 Å². The zero-order valence-electron chi connectivity index (χ0n) is 11.1. The second kappa shape index (κ2) is 6.95. The summed E-state index contributed by atoms with van der Waals surface area (Å²) in [6, 6.07) is 11.1. The van der Waals surface area contributed by atoms with Gasteiger partial charge in [-0.1, -0.05) is 23.7 Å². The second-order valence-electron chi connectivity index (χ2n) is 4.28. The molecule has 0 aliphatic carbocycles. The van der Waals surface area contributed by atoms with Crippen LogP contribution in [-0.4, -0.2) is 19.1 Å². The smallest absolute Gasteiger partial charge is 0.253 e. The second-order valence-corrected chi connectivity index (χ2v) is 4.66. The summed E-state index contributed by atoms with van der Waals surface area (Å²) < 4.78 is 18.7. The topological polar surface area (TPSA) is 64.3 Å². The molecule has 0 unspecified atom stereocenters. The predicted octanol–water partition coefficient (Wildman–Crippen LogP) is 2.87. The van der Waals surface area contributed by atoms with Gasteiger partial charge in [0.2, 0.25) is 0 Å². The first-order chi connectivity index (χ1) is 10.1. The van der Waals surface area contributed by atoms with Crippen molar-refractivity contribution in [3.8, 4) is 5.75 Å². The van der Waals surface area contributed by atoms with Crippen LogP contribution in [0.4, 0.5) is 10.1 Å². The first-order valence-corrected chi connectivity index (χ1v) is 6.66. The number of halogens is 2. The fourth-order valence-corrected chi connectivity index (χ4v) is 1.92. The Balaban J connectivity index is 1.83. The van der Waals surface area contributed by atoms with Gasteiger partial charge in [-0.05, 0) is 24.3 Å². The maximum atomic E-state index is 13.2. The number of carbonyl (C=O) groups is 1. The van der Waals surface area contributed by atoms with Crippen molar-refractivity contribution in [1.29, 1.82) is 0 Å². The Kier molecular flexibility index (Phi) is 5.00. The van der Waals surface area contributed by atoms with Crippen LogP contribution in [0.2, 0.25) is 5.02 Å². The highest BCUT2D eigenvalue weighted by atomic mass is 35.5. The van der Waals surface area contributed by atoms with Crippen molar-refractivity contribution in [2.24, 2.45) is 0 Å². The molecule has 2 aromatic carbocycles. The average Bonchev–Trinajstić information content (AvgIpc) is 2.46. The van der Waals surface area contributed by atoms with E-state index < -0.39 is 11.7 Å². The molecule has 1 amide bonds. The Hall–Kier alpha value is -2.27. The highest BCUT2D eigenvalue weighted by molar-refractivity contribution is 6.34. The van der Waals surface area contributed by atoms with Crippen LogP contribution in [0, 0.1) is 5.82 Å². The van der Waals surface area contributed by atoms with E-state index in [9.17, 15) is 9.18 Å².